The molecule has 1 saturated carbocycles. The van der Waals surface area contributed by atoms with Gasteiger partial charge in [0.05, 0.1) is 0 Å². The SMILES string of the molecule is CCNC1CCC(C)CC1CN(C)C(C)CCSC. The van der Waals surface area contributed by atoms with Crippen molar-refractivity contribution in [2.45, 2.75) is 58.5 Å². The Kier molecular flexibility index (Phi) is 8.43. The molecule has 0 bridgehead atoms. The van der Waals surface area contributed by atoms with Gasteiger partial charge in [-0.3, -0.25) is 0 Å². The molecule has 0 amide bonds. The average Bonchev–Trinajstić information content (AvgIpc) is 2.39. The van der Waals surface area contributed by atoms with Crippen LogP contribution < -0.4 is 5.32 Å². The Bertz CT molecular complexity index is 235. The van der Waals surface area contributed by atoms with E-state index in [9.17, 15) is 0 Å². The lowest BCUT2D eigenvalue weighted by atomic mass is 9.78. The fourth-order valence-electron chi connectivity index (χ4n) is 3.29. The molecule has 0 radical (unpaired) electrons. The summed E-state index contributed by atoms with van der Waals surface area (Å²) in [7, 11) is 2.31. The molecule has 2 nitrogen and oxygen atoms in total. The van der Waals surface area contributed by atoms with E-state index in [2.05, 4.69) is 44.3 Å². The maximum absolute atomic E-state index is 3.71. The topological polar surface area (TPSA) is 15.3 Å². The van der Waals surface area contributed by atoms with Gasteiger partial charge in [0.1, 0.15) is 0 Å². The van der Waals surface area contributed by atoms with E-state index in [1.165, 1.54) is 38.0 Å². The zero-order valence-electron chi connectivity index (χ0n) is 13.6. The molecule has 0 spiro atoms. The highest BCUT2D eigenvalue weighted by Gasteiger charge is 2.29. The van der Waals surface area contributed by atoms with E-state index in [1.807, 2.05) is 11.8 Å². The predicted molar refractivity (Wildman–Crippen MR) is 89.1 cm³/mol. The van der Waals surface area contributed by atoms with Crippen molar-refractivity contribution < 1.29 is 0 Å². The van der Waals surface area contributed by atoms with Gasteiger partial charge in [0.2, 0.25) is 0 Å². The van der Waals surface area contributed by atoms with Crippen LogP contribution in [-0.2, 0) is 0 Å². The van der Waals surface area contributed by atoms with E-state index < -0.39 is 0 Å². The summed E-state index contributed by atoms with van der Waals surface area (Å²) in [6, 6.07) is 1.46. The van der Waals surface area contributed by atoms with E-state index in [-0.39, 0.29) is 0 Å². The summed E-state index contributed by atoms with van der Waals surface area (Å²) in [6.07, 6.45) is 7.69. The second-order valence-corrected chi connectivity index (χ2v) is 7.40. The van der Waals surface area contributed by atoms with Crippen LogP contribution in [0.1, 0.15) is 46.5 Å². The van der Waals surface area contributed by atoms with Crippen molar-refractivity contribution in [2.75, 3.05) is 32.1 Å². The van der Waals surface area contributed by atoms with Crippen molar-refractivity contribution in [3.8, 4) is 0 Å². The Hall–Kier alpha value is 0.270. The molecule has 1 fully saturated rings. The van der Waals surface area contributed by atoms with Crippen molar-refractivity contribution in [1.82, 2.24) is 10.2 Å². The molecule has 1 rings (SSSR count). The normalized spacial score (nSPS) is 29.7. The van der Waals surface area contributed by atoms with Gasteiger partial charge >= 0.3 is 0 Å². The molecule has 1 aliphatic rings. The first-order valence-corrected chi connectivity index (χ1v) is 9.40. The number of hydrogen-bond donors (Lipinski definition) is 1. The summed E-state index contributed by atoms with van der Waals surface area (Å²) < 4.78 is 0. The van der Waals surface area contributed by atoms with Gasteiger partial charge in [0.25, 0.3) is 0 Å². The molecule has 3 heteroatoms. The van der Waals surface area contributed by atoms with Crippen molar-refractivity contribution in [3.05, 3.63) is 0 Å². The molecule has 0 aromatic heterocycles. The first kappa shape index (κ1) is 17.3. The fraction of sp³-hybridized carbons (Fsp3) is 1.00. The molecule has 19 heavy (non-hydrogen) atoms. The number of nitrogens with one attached hydrogen (secondary N) is 1. The first-order valence-electron chi connectivity index (χ1n) is 8.01. The van der Waals surface area contributed by atoms with Crippen LogP contribution in [0.5, 0.6) is 0 Å². The second kappa shape index (κ2) is 9.25. The van der Waals surface area contributed by atoms with Crippen LogP contribution in [0.3, 0.4) is 0 Å². The van der Waals surface area contributed by atoms with Crippen molar-refractivity contribution >= 4 is 11.8 Å². The summed E-state index contributed by atoms with van der Waals surface area (Å²) in [4.78, 5) is 2.59. The van der Waals surface area contributed by atoms with Gasteiger partial charge in [-0.2, -0.15) is 11.8 Å². The monoisotopic (exact) mass is 286 g/mol. The van der Waals surface area contributed by atoms with Crippen molar-refractivity contribution in [3.63, 3.8) is 0 Å². The number of nitrogens with zero attached hydrogens (tertiary/aromatic N) is 1. The van der Waals surface area contributed by atoms with E-state index >= 15 is 0 Å². The Balaban J connectivity index is 2.45. The highest BCUT2D eigenvalue weighted by Crippen LogP contribution is 2.30. The second-order valence-electron chi connectivity index (χ2n) is 6.41. The Morgan fingerprint density at radius 2 is 2.11 bits per heavy atom. The van der Waals surface area contributed by atoms with Crippen molar-refractivity contribution in [2.24, 2.45) is 11.8 Å². The molecule has 0 aromatic rings. The maximum Gasteiger partial charge on any atom is 0.0108 e. The number of rotatable bonds is 8. The van der Waals surface area contributed by atoms with Crippen LogP contribution in [-0.4, -0.2) is 49.1 Å². The third kappa shape index (κ3) is 6.05. The minimum absolute atomic E-state index is 0.715. The molecule has 1 N–H and O–H groups in total. The molecule has 4 atom stereocenters. The standard InChI is InChI=1S/C16H34N2S/c1-6-17-16-8-7-13(2)11-15(16)12-18(4)14(3)9-10-19-5/h13-17H,6-12H2,1-5H3. The Labute approximate surface area is 125 Å². The van der Waals surface area contributed by atoms with E-state index in [0.29, 0.717) is 6.04 Å². The third-order valence-corrected chi connectivity index (χ3v) is 5.37. The fourth-order valence-corrected chi connectivity index (χ4v) is 3.87. The van der Waals surface area contributed by atoms with E-state index in [4.69, 9.17) is 0 Å². The van der Waals surface area contributed by atoms with Gasteiger partial charge in [-0.05, 0) is 70.0 Å². The minimum Gasteiger partial charge on any atom is -0.314 e. The smallest absolute Gasteiger partial charge is 0.0108 e. The quantitative estimate of drug-likeness (QED) is 0.735. The van der Waals surface area contributed by atoms with Crippen LogP contribution in [0.2, 0.25) is 0 Å². The largest absolute Gasteiger partial charge is 0.314 e. The molecule has 0 heterocycles. The van der Waals surface area contributed by atoms with E-state index in [0.717, 1.165) is 24.4 Å². The summed E-state index contributed by atoms with van der Waals surface area (Å²) in [5.41, 5.74) is 0. The van der Waals surface area contributed by atoms with E-state index in [1.54, 1.807) is 0 Å². The molecule has 114 valence electrons. The lowest BCUT2D eigenvalue weighted by Crippen LogP contribution is -2.46. The summed E-state index contributed by atoms with van der Waals surface area (Å²) in [5.74, 6) is 3.03. The zero-order chi connectivity index (χ0) is 14.3. The van der Waals surface area contributed by atoms with Gasteiger partial charge in [-0.15, -0.1) is 0 Å². The number of hydrogen-bond acceptors (Lipinski definition) is 3. The van der Waals surface area contributed by atoms with Crippen molar-refractivity contribution in [1.29, 1.82) is 0 Å². The average molecular weight is 287 g/mol. The van der Waals surface area contributed by atoms with Gasteiger partial charge in [0.15, 0.2) is 0 Å². The van der Waals surface area contributed by atoms with Gasteiger partial charge < -0.3 is 10.2 Å². The number of thioether (sulfide) groups is 1. The molecule has 1 aliphatic carbocycles. The van der Waals surface area contributed by atoms with Crippen LogP contribution in [0.4, 0.5) is 0 Å². The highest BCUT2D eigenvalue weighted by molar-refractivity contribution is 7.98. The van der Waals surface area contributed by atoms with Crippen LogP contribution in [0.15, 0.2) is 0 Å². The zero-order valence-corrected chi connectivity index (χ0v) is 14.4. The predicted octanol–water partition coefficient (Wildman–Crippen LogP) is 3.47. The summed E-state index contributed by atoms with van der Waals surface area (Å²) in [5, 5.41) is 3.71. The van der Waals surface area contributed by atoms with Gasteiger partial charge in [-0.25, -0.2) is 0 Å². The molecular weight excluding hydrogens is 252 g/mol. The minimum atomic E-state index is 0.715. The van der Waals surface area contributed by atoms with Gasteiger partial charge in [-0.1, -0.05) is 13.8 Å². The molecular formula is C16H34N2S. The maximum atomic E-state index is 3.71. The highest BCUT2D eigenvalue weighted by atomic mass is 32.2. The Morgan fingerprint density at radius 3 is 2.74 bits per heavy atom. The Morgan fingerprint density at radius 1 is 1.37 bits per heavy atom. The van der Waals surface area contributed by atoms with Crippen LogP contribution in [0.25, 0.3) is 0 Å². The lowest BCUT2D eigenvalue weighted by molar-refractivity contribution is 0.138. The molecule has 4 unspecified atom stereocenters. The summed E-state index contributed by atoms with van der Waals surface area (Å²) >= 11 is 1.96. The molecule has 0 aliphatic heterocycles. The van der Waals surface area contributed by atoms with Crippen LogP contribution >= 0.6 is 11.8 Å². The lowest BCUT2D eigenvalue weighted by Gasteiger charge is -2.39. The van der Waals surface area contributed by atoms with Crippen LogP contribution in [0, 0.1) is 11.8 Å². The molecule has 0 aromatic carbocycles. The molecule has 0 saturated heterocycles. The summed E-state index contributed by atoms with van der Waals surface area (Å²) in [6.45, 7) is 9.41. The first-order chi connectivity index (χ1) is 9.08. The van der Waals surface area contributed by atoms with Gasteiger partial charge in [0, 0.05) is 18.6 Å². The third-order valence-electron chi connectivity index (χ3n) is 4.73.